The zero-order valence-electron chi connectivity index (χ0n) is 10.2. The molecular formula is C13H16BrClN2O. The molecular weight excluding hydrogens is 316 g/mol. The lowest BCUT2D eigenvalue weighted by atomic mass is 9.90. The van der Waals surface area contributed by atoms with Crippen molar-refractivity contribution in [1.82, 2.24) is 5.32 Å². The molecule has 0 saturated carbocycles. The molecule has 3 nitrogen and oxygen atoms in total. The first-order chi connectivity index (χ1) is 8.51. The van der Waals surface area contributed by atoms with Crippen LogP contribution in [0, 0.1) is 0 Å². The number of benzene rings is 1. The van der Waals surface area contributed by atoms with E-state index in [1.807, 2.05) is 13.0 Å². The molecule has 0 bridgehead atoms. The third-order valence-corrected chi connectivity index (χ3v) is 4.11. The van der Waals surface area contributed by atoms with E-state index in [0.717, 1.165) is 30.3 Å². The largest absolute Gasteiger partial charge is 0.323 e. The summed E-state index contributed by atoms with van der Waals surface area (Å²) in [6.45, 7) is 2.83. The Hall–Kier alpha value is -0.580. The van der Waals surface area contributed by atoms with Crippen LogP contribution in [0.25, 0.3) is 0 Å². The Balaban J connectivity index is 2.11. The van der Waals surface area contributed by atoms with Crippen LogP contribution in [-0.4, -0.2) is 18.0 Å². The average molecular weight is 332 g/mol. The molecule has 0 aliphatic carbocycles. The highest BCUT2D eigenvalue weighted by Crippen LogP contribution is 2.27. The highest BCUT2D eigenvalue weighted by Gasteiger charge is 2.34. The number of hydrogen-bond donors (Lipinski definition) is 2. The number of hydrogen-bond acceptors (Lipinski definition) is 2. The number of anilines is 1. The van der Waals surface area contributed by atoms with Gasteiger partial charge < -0.3 is 10.6 Å². The van der Waals surface area contributed by atoms with E-state index >= 15 is 0 Å². The lowest BCUT2D eigenvalue weighted by Gasteiger charge is -2.33. The molecule has 98 valence electrons. The molecule has 1 heterocycles. The second-order valence-electron chi connectivity index (χ2n) is 4.79. The van der Waals surface area contributed by atoms with Crippen LogP contribution in [0.1, 0.15) is 26.2 Å². The topological polar surface area (TPSA) is 41.1 Å². The Morgan fingerprint density at radius 2 is 2.28 bits per heavy atom. The number of carbonyl (C=O) groups is 1. The van der Waals surface area contributed by atoms with Gasteiger partial charge in [0.1, 0.15) is 0 Å². The minimum absolute atomic E-state index is 0.0218. The first kappa shape index (κ1) is 13.8. The predicted octanol–water partition coefficient (Wildman–Crippen LogP) is 3.57. The maximum atomic E-state index is 12.3. The Morgan fingerprint density at radius 1 is 1.50 bits per heavy atom. The zero-order chi connectivity index (χ0) is 13.2. The van der Waals surface area contributed by atoms with Crippen molar-refractivity contribution >= 4 is 39.1 Å². The van der Waals surface area contributed by atoms with Crippen LogP contribution in [0.15, 0.2) is 22.7 Å². The second-order valence-corrected chi connectivity index (χ2v) is 6.12. The van der Waals surface area contributed by atoms with E-state index < -0.39 is 5.54 Å². The van der Waals surface area contributed by atoms with Crippen LogP contribution in [0.3, 0.4) is 0 Å². The molecule has 1 aliphatic rings. The summed E-state index contributed by atoms with van der Waals surface area (Å²) in [6.07, 6.45) is 3.06. The van der Waals surface area contributed by atoms with Crippen molar-refractivity contribution in [3.63, 3.8) is 0 Å². The average Bonchev–Trinajstić information content (AvgIpc) is 2.33. The van der Waals surface area contributed by atoms with E-state index in [9.17, 15) is 4.79 Å². The van der Waals surface area contributed by atoms with Crippen LogP contribution >= 0.6 is 27.5 Å². The predicted molar refractivity (Wildman–Crippen MR) is 78.0 cm³/mol. The molecule has 1 unspecified atom stereocenters. The van der Waals surface area contributed by atoms with Gasteiger partial charge in [-0.2, -0.15) is 0 Å². The summed E-state index contributed by atoms with van der Waals surface area (Å²) in [7, 11) is 0. The molecule has 1 saturated heterocycles. The Labute approximate surface area is 120 Å². The van der Waals surface area contributed by atoms with Gasteiger partial charge in [0.2, 0.25) is 5.91 Å². The Bertz CT molecular complexity index is 458. The van der Waals surface area contributed by atoms with E-state index in [2.05, 4.69) is 26.6 Å². The Morgan fingerprint density at radius 3 is 2.89 bits per heavy atom. The Kier molecular flexibility index (Phi) is 4.30. The van der Waals surface area contributed by atoms with Gasteiger partial charge in [0.05, 0.1) is 16.2 Å². The molecule has 18 heavy (non-hydrogen) atoms. The lowest BCUT2D eigenvalue weighted by molar-refractivity contribution is -0.122. The van der Waals surface area contributed by atoms with Crippen molar-refractivity contribution < 1.29 is 4.79 Å². The van der Waals surface area contributed by atoms with Crippen LogP contribution < -0.4 is 10.6 Å². The van der Waals surface area contributed by atoms with Crippen molar-refractivity contribution in [2.24, 2.45) is 0 Å². The minimum Gasteiger partial charge on any atom is -0.323 e. The molecule has 5 heteroatoms. The molecule has 0 spiro atoms. The fourth-order valence-corrected chi connectivity index (χ4v) is 2.82. The van der Waals surface area contributed by atoms with Crippen molar-refractivity contribution in [3.8, 4) is 0 Å². The smallest absolute Gasteiger partial charge is 0.244 e. The van der Waals surface area contributed by atoms with Crippen molar-refractivity contribution in [3.05, 3.63) is 27.7 Å². The highest BCUT2D eigenvalue weighted by atomic mass is 79.9. The molecule has 2 rings (SSSR count). The molecule has 1 fully saturated rings. The maximum Gasteiger partial charge on any atom is 0.244 e. The van der Waals surface area contributed by atoms with Gasteiger partial charge in [-0.1, -0.05) is 27.5 Å². The molecule has 1 aromatic rings. The van der Waals surface area contributed by atoms with E-state index in [1.54, 1.807) is 12.1 Å². The monoisotopic (exact) mass is 330 g/mol. The van der Waals surface area contributed by atoms with Gasteiger partial charge >= 0.3 is 0 Å². The van der Waals surface area contributed by atoms with Gasteiger partial charge in [0, 0.05) is 4.47 Å². The number of amides is 1. The molecule has 1 aliphatic heterocycles. The number of carbonyl (C=O) groups excluding carboxylic acids is 1. The summed E-state index contributed by atoms with van der Waals surface area (Å²) in [6, 6.07) is 5.43. The lowest BCUT2D eigenvalue weighted by Crippen LogP contribution is -2.54. The SMILES string of the molecule is CC1(C(=O)Nc2ccc(Br)cc2Cl)CCCCN1. The molecule has 0 aromatic heterocycles. The molecule has 1 atom stereocenters. The van der Waals surface area contributed by atoms with Crippen LogP contribution in [0.2, 0.25) is 5.02 Å². The van der Waals surface area contributed by atoms with Crippen LogP contribution in [0.4, 0.5) is 5.69 Å². The van der Waals surface area contributed by atoms with Gasteiger partial charge in [-0.15, -0.1) is 0 Å². The number of halogens is 2. The highest BCUT2D eigenvalue weighted by molar-refractivity contribution is 9.10. The molecule has 2 N–H and O–H groups in total. The van der Waals surface area contributed by atoms with E-state index in [0.29, 0.717) is 10.7 Å². The molecule has 1 aromatic carbocycles. The van der Waals surface area contributed by atoms with Crippen molar-refractivity contribution in [2.75, 3.05) is 11.9 Å². The van der Waals surface area contributed by atoms with E-state index in [4.69, 9.17) is 11.6 Å². The van der Waals surface area contributed by atoms with Crippen molar-refractivity contribution in [1.29, 1.82) is 0 Å². The number of rotatable bonds is 2. The fraction of sp³-hybridized carbons (Fsp3) is 0.462. The second kappa shape index (κ2) is 5.59. The third kappa shape index (κ3) is 3.05. The first-order valence-electron chi connectivity index (χ1n) is 6.03. The standard InChI is InChI=1S/C13H16BrClN2O/c1-13(6-2-3-7-16-13)12(18)17-11-5-4-9(14)8-10(11)15/h4-5,8,16H,2-3,6-7H2,1H3,(H,17,18). The summed E-state index contributed by atoms with van der Waals surface area (Å²) in [5, 5.41) is 6.71. The van der Waals surface area contributed by atoms with Crippen molar-refractivity contribution in [2.45, 2.75) is 31.7 Å². The van der Waals surface area contributed by atoms with E-state index in [-0.39, 0.29) is 5.91 Å². The zero-order valence-corrected chi connectivity index (χ0v) is 12.6. The summed E-state index contributed by atoms with van der Waals surface area (Å²) in [5.41, 5.74) is 0.160. The quantitative estimate of drug-likeness (QED) is 0.870. The first-order valence-corrected chi connectivity index (χ1v) is 7.20. The van der Waals surface area contributed by atoms with Gasteiger partial charge in [0.25, 0.3) is 0 Å². The maximum absolute atomic E-state index is 12.3. The van der Waals surface area contributed by atoms with Crippen LogP contribution in [0.5, 0.6) is 0 Å². The third-order valence-electron chi connectivity index (χ3n) is 3.30. The normalized spacial score (nSPS) is 23.7. The summed E-state index contributed by atoms with van der Waals surface area (Å²) in [5.74, 6) is -0.0218. The van der Waals surface area contributed by atoms with Gasteiger partial charge in [-0.3, -0.25) is 4.79 Å². The van der Waals surface area contributed by atoms with E-state index in [1.165, 1.54) is 0 Å². The fourth-order valence-electron chi connectivity index (χ4n) is 2.10. The van der Waals surface area contributed by atoms with Gasteiger partial charge in [0.15, 0.2) is 0 Å². The molecule has 1 amide bonds. The summed E-state index contributed by atoms with van der Waals surface area (Å²) >= 11 is 9.43. The molecule has 0 radical (unpaired) electrons. The van der Waals surface area contributed by atoms with Gasteiger partial charge in [-0.05, 0) is 50.9 Å². The summed E-state index contributed by atoms with van der Waals surface area (Å²) < 4.78 is 0.896. The van der Waals surface area contributed by atoms with Gasteiger partial charge in [-0.25, -0.2) is 0 Å². The summed E-state index contributed by atoms with van der Waals surface area (Å²) in [4.78, 5) is 12.3. The minimum atomic E-state index is -0.491. The number of piperidine rings is 1. The number of nitrogens with one attached hydrogen (secondary N) is 2. The van der Waals surface area contributed by atoms with Crippen LogP contribution in [-0.2, 0) is 4.79 Å².